The Morgan fingerprint density at radius 1 is 1.17 bits per heavy atom. The predicted molar refractivity (Wildman–Crippen MR) is 45.5 cm³/mol. The highest BCUT2D eigenvalue weighted by Crippen LogP contribution is 2.14. The molecular weight excluding hydrogens is 156 g/mol. The van der Waals surface area contributed by atoms with Crippen LogP contribution in [0.4, 0.5) is 0 Å². The molecule has 0 fully saturated rings. The van der Waals surface area contributed by atoms with E-state index in [1.807, 2.05) is 20.8 Å². The van der Waals surface area contributed by atoms with Gasteiger partial charge in [0.1, 0.15) is 5.71 Å². The van der Waals surface area contributed by atoms with E-state index in [-0.39, 0.29) is 0 Å². The zero-order valence-corrected chi connectivity index (χ0v) is 7.63. The predicted octanol–water partition coefficient (Wildman–Crippen LogP) is 1.22. The van der Waals surface area contributed by atoms with Crippen molar-refractivity contribution in [1.82, 2.24) is 5.43 Å². The van der Waals surface area contributed by atoms with Gasteiger partial charge in [-0.1, -0.05) is 0 Å². The first-order valence-corrected chi connectivity index (χ1v) is 4.05. The van der Waals surface area contributed by atoms with Crippen LogP contribution in [0.5, 0.6) is 0 Å². The van der Waals surface area contributed by atoms with Gasteiger partial charge in [0.2, 0.25) is 5.76 Å². The van der Waals surface area contributed by atoms with Crippen LogP contribution in [-0.4, -0.2) is 18.9 Å². The van der Waals surface area contributed by atoms with E-state index in [9.17, 15) is 0 Å². The van der Waals surface area contributed by atoms with Crippen LogP contribution in [0.15, 0.2) is 16.7 Å². The molecule has 0 aromatic heterocycles. The first kappa shape index (κ1) is 8.90. The Hall–Kier alpha value is -1.19. The number of ether oxygens (including phenoxy) is 2. The minimum atomic E-state index is 0.497. The molecule has 1 rings (SSSR count). The summed E-state index contributed by atoms with van der Waals surface area (Å²) in [5, 5.41) is 3.85. The molecule has 1 heterocycles. The molecule has 0 saturated heterocycles. The smallest absolute Gasteiger partial charge is 0.278 e. The van der Waals surface area contributed by atoms with Gasteiger partial charge in [-0.3, -0.25) is 0 Å². The van der Waals surface area contributed by atoms with Crippen molar-refractivity contribution in [2.75, 3.05) is 13.2 Å². The number of hydrogen-bond acceptors (Lipinski definition) is 3. The molecule has 0 aromatic rings. The topological polar surface area (TPSA) is 44.9 Å². The van der Waals surface area contributed by atoms with Crippen LogP contribution in [0.3, 0.4) is 0 Å². The van der Waals surface area contributed by atoms with Crippen molar-refractivity contribution < 1.29 is 9.47 Å². The first-order chi connectivity index (χ1) is 5.79. The Kier molecular flexibility index (Phi) is 2.96. The summed E-state index contributed by atoms with van der Waals surface area (Å²) in [5.41, 5.74) is 4.60. The fraction of sp³-hybridized carbons (Fsp3) is 0.625. The molecule has 0 spiro atoms. The molecule has 0 aliphatic carbocycles. The lowest BCUT2D eigenvalue weighted by Crippen LogP contribution is -2.05. The Bertz CT molecular complexity index is 221. The highest BCUT2D eigenvalue weighted by molar-refractivity contribution is 5.98. The van der Waals surface area contributed by atoms with Gasteiger partial charge in [-0.2, -0.15) is 0 Å². The van der Waals surface area contributed by atoms with E-state index in [1.165, 1.54) is 0 Å². The van der Waals surface area contributed by atoms with Crippen molar-refractivity contribution in [3.05, 3.63) is 11.6 Å². The minimum absolute atomic E-state index is 0.497. The molecule has 12 heavy (non-hydrogen) atoms. The molecule has 0 amide bonds. The third kappa shape index (κ3) is 1.69. The van der Waals surface area contributed by atoms with Crippen LogP contribution in [0, 0.1) is 0 Å². The maximum atomic E-state index is 5.31. The number of allylic oxidation sites excluding steroid dienone is 1. The van der Waals surface area contributed by atoms with Crippen molar-refractivity contribution in [1.29, 1.82) is 0 Å². The van der Waals surface area contributed by atoms with Crippen molar-refractivity contribution in [2.45, 2.75) is 20.8 Å². The molecule has 1 radical (unpaired) electrons. The monoisotopic (exact) mass is 169 g/mol. The van der Waals surface area contributed by atoms with Gasteiger partial charge in [-0.15, -0.1) is 10.5 Å². The van der Waals surface area contributed by atoms with Gasteiger partial charge in [-0.25, -0.2) is 0 Å². The summed E-state index contributed by atoms with van der Waals surface area (Å²) in [6, 6.07) is 0. The van der Waals surface area contributed by atoms with Crippen LogP contribution in [0.1, 0.15) is 20.8 Å². The minimum Gasteiger partial charge on any atom is -0.487 e. The molecule has 1 aliphatic heterocycles. The normalized spacial score (nSPS) is 15.8. The van der Waals surface area contributed by atoms with Gasteiger partial charge in [0.15, 0.2) is 0 Å². The van der Waals surface area contributed by atoms with Crippen molar-refractivity contribution in [2.24, 2.45) is 5.10 Å². The summed E-state index contributed by atoms with van der Waals surface area (Å²) in [4.78, 5) is 0. The zero-order chi connectivity index (χ0) is 8.97. The van der Waals surface area contributed by atoms with Gasteiger partial charge in [0.05, 0.1) is 13.2 Å². The average molecular weight is 169 g/mol. The average Bonchev–Trinajstić information content (AvgIpc) is 2.37. The molecule has 0 bridgehead atoms. The van der Waals surface area contributed by atoms with Crippen molar-refractivity contribution in [3.63, 3.8) is 0 Å². The van der Waals surface area contributed by atoms with Gasteiger partial charge in [0, 0.05) is 0 Å². The lowest BCUT2D eigenvalue weighted by Gasteiger charge is -2.06. The second-order valence-corrected chi connectivity index (χ2v) is 2.29. The molecule has 1 aliphatic rings. The fourth-order valence-electron chi connectivity index (χ4n) is 0.908. The molecular formula is C8H13N2O2. The molecule has 0 aromatic carbocycles. The van der Waals surface area contributed by atoms with E-state index in [1.54, 1.807) is 0 Å². The van der Waals surface area contributed by atoms with Crippen molar-refractivity contribution in [3.8, 4) is 0 Å². The summed E-state index contributed by atoms with van der Waals surface area (Å²) < 4.78 is 10.5. The van der Waals surface area contributed by atoms with Gasteiger partial charge in [0.25, 0.3) is 5.88 Å². The molecule has 4 nitrogen and oxygen atoms in total. The largest absolute Gasteiger partial charge is 0.487 e. The second-order valence-electron chi connectivity index (χ2n) is 2.29. The van der Waals surface area contributed by atoms with E-state index in [2.05, 4.69) is 10.5 Å². The summed E-state index contributed by atoms with van der Waals surface area (Å²) in [6.07, 6.45) is 0. The first-order valence-electron chi connectivity index (χ1n) is 4.05. The Morgan fingerprint density at radius 3 is 2.42 bits per heavy atom. The third-order valence-corrected chi connectivity index (χ3v) is 1.38. The SMILES string of the molecule is CCOC1=C(OCC)C(C)=N[N]1. The summed E-state index contributed by atoms with van der Waals surface area (Å²) >= 11 is 0. The number of rotatable bonds is 4. The summed E-state index contributed by atoms with van der Waals surface area (Å²) in [7, 11) is 0. The molecule has 0 N–H and O–H groups in total. The molecule has 0 saturated carbocycles. The van der Waals surface area contributed by atoms with Crippen molar-refractivity contribution >= 4 is 5.71 Å². The summed E-state index contributed by atoms with van der Waals surface area (Å²) in [6.45, 7) is 6.86. The van der Waals surface area contributed by atoms with E-state index >= 15 is 0 Å². The maximum absolute atomic E-state index is 5.31. The van der Waals surface area contributed by atoms with E-state index in [4.69, 9.17) is 9.47 Å². The quantitative estimate of drug-likeness (QED) is 0.635. The number of nitrogens with zero attached hydrogens (tertiary/aromatic N) is 2. The van der Waals surface area contributed by atoms with Gasteiger partial charge >= 0.3 is 0 Å². The lowest BCUT2D eigenvalue weighted by atomic mass is 10.3. The van der Waals surface area contributed by atoms with Crippen LogP contribution < -0.4 is 5.43 Å². The van der Waals surface area contributed by atoms with Gasteiger partial charge in [-0.05, 0) is 20.8 Å². The number of hydrogen-bond donors (Lipinski definition) is 0. The Morgan fingerprint density at radius 2 is 1.83 bits per heavy atom. The molecule has 4 heteroatoms. The van der Waals surface area contributed by atoms with E-state index < -0.39 is 0 Å². The maximum Gasteiger partial charge on any atom is 0.278 e. The van der Waals surface area contributed by atoms with Gasteiger partial charge < -0.3 is 9.47 Å². The highest BCUT2D eigenvalue weighted by Gasteiger charge is 2.20. The lowest BCUT2D eigenvalue weighted by molar-refractivity contribution is 0.168. The highest BCUT2D eigenvalue weighted by atomic mass is 16.5. The van der Waals surface area contributed by atoms with Crippen LogP contribution >= 0.6 is 0 Å². The third-order valence-electron chi connectivity index (χ3n) is 1.38. The standard InChI is InChI=1S/C8H13N2O2/c1-4-11-7-6(3)9-10-8(7)12-5-2/h4-5H2,1-3H3. The molecule has 0 unspecified atom stereocenters. The van der Waals surface area contributed by atoms with E-state index in [0.717, 1.165) is 5.71 Å². The second kappa shape index (κ2) is 3.99. The Balaban J connectivity index is 2.67. The fourth-order valence-corrected chi connectivity index (χ4v) is 0.908. The van der Waals surface area contributed by atoms with E-state index in [0.29, 0.717) is 24.9 Å². The molecule has 0 atom stereocenters. The summed E-state index contributed by atoms with van der Waals surface area (Å²) in [5.74, 6) is 1.16. The molecule has 67 valence electrons. The van der Waals surface area contributed by atoms with Crippen LogP contribution in [0.25, 0.3) is 0 Å². The Labute approximate surface area is 72.2 Å². The van der Waals surface area contributed by atoms with Crippen LogP contribution in [0.2, 0.25) is 0 Å². The van der Waals surface area contributed by atoms with Crippen LogP contribution in [-0.2, 0) is 9.47 Å². The zero-order valence-electron chi connectivity index (χ0n) is 7.63.